The molecule has 5 heteroatoms. The van der Waals surface area contributed by atoms with Crippen LogP contribution in [0.4, 0.5) is 23.0 Å². The zero-order chi connectivity index (χ0) is 22.7. The van der Waals surface area contributed by atoms with Gasteiger partial charge in [0.1, 0.15) is 17.4 Å². The van der Waals surface area contributed by atoms with E-state index in [4.69, 9.17) is 9.72 Å². The smallest absolute Gasteiger partial charge is 0.132 e. The van der Waals surface area contributed by atoms with E-state index in [0.717, 1.165) is 49.3 Å². The molecule has 1 aromatic heterocycles. The lowest BCUT2D eigenvalue weighted by atomic mass is 9.86. The Kier molecular flexibility index (Phi) is 6.26. The zero-order valence-electron chi connectivity index (χ0n) is 19.9. The second kappa shape index (κ2) is 9.11. The van der Waals surface area contributed by atoms with Gasteiger partial charge in [0.15, 0.2) is 0 Å². The Bertz CT molecular complexity index is 1050. The van der Waals surface area contributed by atoms with Crippen LogP contribution in [0.1, 0.15) is 31.9 Å². The highest BCUT2D eigenvalue weighted by atomic mass is 16.5. The minimum Gasteiger partial charge on any atom is -0.497 e. The molecular formula is C27H34N4O. The largest absolute Gasteiger partial charge is 0.497 e. The maximum absolute atomic E-state index is 5.27. The normalized spacial score (nSPS) is 14.4. The first-order chi connectivity index (χ1) is 15.3. The van der Waals surface area contributed by atoms with Crippen LogP contribution in [0.3, 0.4) is 0 Å². The zero-order valence-corrected chi connectivity index (χ0v) is 19.9. The van der Waals surface area contributed by atoms with Crippen LogP contribution in [0.2, 0.25) is 0 Å². The number of ether oxygens (including phenoxy) is 1. The minimum absolute atomic E-state index is 0.114. The Morgan fingerprint density at radius 3 is 2.22 bits per heavy atom. The fraction of sp³-hybridized carbons (Fsp3) is 0.370. The molecule has 2 heterocycles. The molecular weight excluding hydrogens is 396 g/mol. The number of aryl methyl sites for hydroxylation is 1. The summed E-state index contributed by atoms with van der Waals surface area (Å²) in [5.41, 5.74) is 5.01. The summed E-state index contributed by atoms with van der Waals surface area (Å²) in [6, 6.07) is 21.2. The van der Waals surface area contributed by atoms with Gasteiger partial charge in [0.25, 0.3) is 0 Å². The molecule has 5 nitrogen and oxygen atoms in total. The van der Waals surface area contributed by atoms with Crippen LogP contribution in [0.25, 0.3) is 0 Å². The maximum atomic E-state index is 5.27. The fourth-order valence-corrected chi connectivity index (χ4v) is 4.02. The van der Waals surface area contributed by atoms with Crippen LogP contribution in [0.15, 0.2) is 60.7 Å². The molecule has 0 spiro atoms. The summed E-state index contributed by atoms with van der Waals surface area (Å²) in [5.74, 6) is 2.80. The monoisotopic (exact) mass is 430 g/mol. The summed E-state index contributed by atoms with van der Waals surface area (Å²) >= 11 is 0. The quantitative estimate of drug-likeness (QED) is 0.557. The number of anilines is 4. The van der Waals surface area contributed by atoms with E-state index >= 15 is 0 Å². The van der Waals surface area contributed by atoms with Crippen molar-refractivity contribution < 1.29 is 4.74 Å². The first-order valence-corrected chi connectivity index (χ1v) is 11.3. The molecule has 32 heavy (non-hydrogen) atoms. The third-order valence-electron chi connectivity index (χ3n) is 6.14. The van der Waals surface area contributed by atoms with Crippen LogP contribution in [0, 0.1) is 6.92 Å². The average Bonchev–Trinajstić information content (AvgIpc) is 2.80. The SMILES string of the molecule is COc1ccc(N2CCN(c3cccc(Nc4cc(C(C)(C)C)ccc4C)n3)CC2)cc1. The first-order valence-electron chi connectivity index (χ1n) is 11.3. The minimum atomic E-state index is 0.114. The van der Waals surface area contributed by atoms with Gasteiger partial charge in [-0.3, -0.25) is 0 Å². The van der Waals surface area contributed by atoms with Crippen molar-refractivity contribution in [2.45, 2.75) is 33.1 Å². The van der Waals surface area contributed by atoms with Gasteiger partial charge in [0.05, 0.1) is 7.11 Å². The molecule has 1 aliphatic rings. The van der Waals surface area contributed by atoms with Crippen LogP contribution in [-0.2, 0) is 5.41 Å². The number of pyridine rings is 1. The second-order valence-electron chi connectivity index (χ2n) is 9.46. The van der Waals surface area contributed by atoms with Crippen molar-refractivity contribution >= 4 is 23.0 Å². The van der Waals surface area contributed by atoms with E-state index in [0.29, 0.717) is 0 Å². The summed E-state index contributed by atoms with van der Waals surface area (Å²) in [7, 11) is 1.70. The lowest BCUT2D eigenvalue weighted by Gasteiger charge is -2.36. The number of piperazine rings is 1. The molecule has 1 fully saturated rings. The molecule has 1 N–H and O–H groups in total. The molecule has 0 aliphatic carbocycles. The van der Waals surface area contributed by atoms with Crippen LogP contribution in [-0.4, -0.2) is 38.3 Å². The molecule has 0 bridgehead atoms. The third kappa shape index (κ3) is 4.98. The molecule has 1 saturated heterocycles. The predicted molar refractivity (Wildman–Crippen MR) is 135 cm³/mol. The van der Waals surface area contributed by atoms with Gasteiger partial charge in [-0.1, -0.05) is 39.0 Å². The van der Waals surface area contributed by atoms with Gasteiger partial charge in [-0.15, -0.1) is 0 Å². The molecule has 0 amide bonds. The van der Waals surface area contributed by atoms with Crippen LogP contribution < -0.4 is 19.9 Å². The van der Waals surface area contributed by atoms with Gasteiger partial charge < -0.3 is 19.9 Å². The Morgan fingerprint density at radius 2 is 1.56 bits per heavy atom. The molecule has 0 saturated carbocycles. The number of aromatic nitrogens is 1. The summed E-state index contributed by atoms with van der Waals surface area (Å²) in [5, 5.41) is 3.55. The standard InChI is InChI=1S/C27H34N4O/c1-20-9-10-21(27(2,3)4)19-24(20)28-25-7-6-8-26(29-25)31-17-15-30(16-18-31)22-11-13-23(32-5)14-12-22/h6-14,19H,15-18H2,1-5H3,(H,28,29). The maximum Gasteiger partial charge on any atom is 0.132 e. The highest BCUT2D eigenvalue weighted by Crippen LogP contribution is 2.29. The summed E-state index contributed by atoms with van der Waals surface area (Å²) in [6.07, 6.45) is 0. The van der Waals surface area contributed by atoms with Gasteiger partial charge in [0.2, 0.25) is 0 Å². The molecule has 1 aliphatic heterocycles. The molecule has 0 atom stereocenters. The van der Waals surface area contributed by atoms with E-state index < -0.39 is 0 Å². The molecule has 3 aromatic rings. The lowest BCUT2D eigenvalue weighted by Crippen LogP contribution is -2.46. The predicted octanol–water partition coefficient (Wildman–Crippen LogP) is 5.77. The van der Waals surface area contributed by atoms with Crippen molar-refractivity contribution in [1.82, 2.24) is 4.98 Å². The van der Waals surface area contributed by atoms with Gasteiger partial charge in [-0.2, -0.15) is 0 Å². The van der Waals surface area contributed by atoms with Gasteiger partial charge in [0, 0.05) is 37.6 Å². The lowest BCUT2D eigenvalue weighted by molar-refractivity contribution is 0.415. The van der Waals surface area contributed by atoms with Crippen molar-refractivity contribution in [2.24, 2.45) is 0 Å². The number of hydrogen-bond donors (Lipinski definition) is 1. The molecule has 0 unspecified atom stereocenters. The van der Waals surface area contributed by atoms with E-state index in [-0.39, 0.29) is 5.41 Å². The fourth-order valence-electron chi connectivity index (χ4n) is 4.02. The number of nitrogens with zero attached hydrogens (tertiary/aromatic N) is 3. The number of methoxy groups -OCH3 is 1. The Hall–Kier alpha value is -3.21. The summed E-state index contributed by atoms with van der Waals surface area (Å²) in [6.45, 7) is 12.7. The van der Waals surface area contributed by atoms with Crippen molar-refractivity contribution in [3.8, 4) is 5.75 Å². The number of nitrogens with one attached hydrogen (secondary N) is 1. The highest BCUT2D eigenvalue weighted by molar-refractivity contribution is 5.63. The first kappa shape index (κ1) is 22.0. The van der Waals surface area contributed by atoms with Crippen molar-refractivity contribution in [3.05, 3.63) is 71.8 Å². The number of rotatable bonds is 5. The number of hydrogen-bond acceptors (Lipinski definition) is 5. The Morgan fingerprint density at radius 1 is 0.875 bits per heavy atom. The second-order valence-corrected chi connectivity index (χ2v) is 9.46. The van der Waals surface area contributed by atoms with Gasteiger partial charge in [-0.25, -0.2) is 4.98 Å². The topological polar surface area (TPSA) is 40.6 Å². The van der Waals surface area contributed by atoms with Gasteiger partial charge >= 0.3 is 0 Å². The third-order valence-corrected chi connectivity index (χ3v) is 6.14. The van der Waals surface area contributed by atoms with Gasteiger partial charge in [-0.05, 0) is 65.9 Å². The van der Waals surface area contributed by atoms with E-state index in [1.54, 1.807) is 7.11 Å². The van der Waals surface area contributed by atoms with E-state index in [1.807, 2.05) is 18.2 Å². The molecule has 4 rings (SSSR count). The highest BCUT2D eigenvalue weighted by Gasteiger charge is 2.19. The Balaban J connectivity index is 1.44. The van der Waals surface area contributed by atoms with E-state index in [1.165, 1.54) is 16.8 Å². The van der Waals surface area contributed by atoms with Crippen molar-refractivity contribution in [3.63, 3.8) is 0 Å². The molecule has 168 valence electrons. The molecule has 2 aromatic carbocycles. The van der Waals surface area contributed by atoms with Crippen LogP contribution in [0.5, 0.6) is 5.75 Å². The van der Waals surface area contributed by atoms with Crippen molar-refractivity contribution in [2.75, 3.05) is 48.4 Å². The average molecular weight is 431 g/mol. The van der Waals surface area contributed by atoms with E-state index in [9.17, 15) is 0 Å². The summed E-state index contributed by atoms with van der Waals surface area (Å²) in [4.78, 5) is 9.71. The van der Waals surface area contributed by atoms with Crippen molar-refractivity contribution in [1.29, 1.82) is 0 Å². The van der Waals surface area contributed by atoms with E-state index in [2.05, 4.69) is 85.3 Å². The molecule has 0 radical (unpaired) electrons. The number of benzene rings is 2. The Labute approximate surface area is 192 Å². The van der Waals surface area contributed by atoms with Crippen LogP contribution >= 0.6 is 0 Å². The summed E-state index contributed by atoms with van der Waals surface area (Å²) < 4.78 is 5.27.